The van der Waals surface area contributed by atoms with Crippen molar-refractivity contribution in [3.05, 3.63) is 95.6 Å². The molecule has 1 amide bonds. The lowest BCUT2D eigenvalue weighted by molar-refractivity contribution is -0.144. The molecule has 180 valence electrons. The summed E-state index contributed by atoms with van der Waals surface area (Å²) in [6.07, 6.45) is 1.25. The Labute approximate surface area is 212 Å². The van der Waals surface area contributed by atoms with Crippen molar-refractivity contribution >= 4 is 46.9 Å². The molecule has 8 heteroatoms. The molecule has 0 unspecified atom stereocenters. The van der Waals surface area contributed by atoms with Crippen molar-refractivity contribution in [1.82, 2.24) is 0 Å². The Balaban J connectivity index is 1.19. The molecule has 6 nitrogen and oxygen atoms in total. The summed E-state index contributed by atoms with van der Waals surface area (Å²) < 4.78 is 11.0. The molecule has 35 heavy (non-hydrogen) atoms. The topological polar surface area (TPSA) is 81.7 Å². The van der Waals surface area contributed by atoms with Gasteiger partial charge < -0.3 is 14.8 Å². The maximum Gasteiger partial charge on any atom is 0.344 e. The Bertz CT molecular complexity index is 1140. The first-order valence-electron chi connectivity index (χ1n) is 11.2. The molecule has 0 saturated carbocycles. The van der Waals surface area contributed by atoms with Crippen LogP contribution in [0.1, 0.15) is 37.3 Å². The van der Waals surface area contributed by atoms with Crippen molar-refractivity contribution in [1.29, 1.82) is 0 Å². The van der Waals surface area contributed by atoms with Gasteiger partial charge in [-0.2, -0.15) is 0 Å². The molecule has 1 heterocycles. The quantitative estimate of drug-likeness (QED) is 0.298. The largest absolute Gasteiger partial charge is 0.482 e. The summed E-state index contributed by atoms with van der Waals surface area (Å²) in [6, 6.07) is 23.0. The lowest BCUT2D eigenvalue weighted by Gasteiger charge is -2.21. The predicted molar refractivity (Wildman–Crippen MR) is 140 cm³/mol. The van der Waals surface area contributed by atoms with Gasteiger partial charge in [-0.25, -0.2) is 4.79 Å². The van der Waals surface area contributed by atoms with E-state index >= 15 is 0 Å². The molecule has 1 aliphatic heterocycles. The normalized spacial score (nSPS) is 13.6. The van der Waals surface area contributed by atoms with Crippen LogP contribution in [0.4, 0.5) is 5.69 Å². The third-order valence-corrected chi connectivity index (χ3v) is 8.22. The summed E-state index contributed by atoms with van der Waals surface area (Å²) >= 11 is 3.90. The van der Waals surface area contributed by atoms with E-state index in [9.17, 15) is 14.4 Å². The average molecular weight is 508 g/mol. The molecule has 4 rings (SSSR count). The Hall–Kier alpha value is -3.23. The smallest absolute Gasteiger partial charge is 0.344 e. The first-order valence-corrected chi connectivity index (χ1v) is 13.3. The number of hydrogen-bond acceptors (Lipinski definition) is 7. The summed E-state index contributed by atoms with van der Waals surface area (Å²) in [5.74, 6) is 1.74. The van der Waals surface area contributed by atoms with Crippen molar-refractivity contribution in [2.75, 3.05) is 30.0 Å². The molecule has 1 aliphatic rings. The van der Waals surface area contributed by atoms with Crippen LogP contribution in [-0.2, 0) is 9.53 Å². The first kappa shape index (κ1) is 24.9. The second-order valence-corrected chi connectivity index (χ2v) is 10.5. The summed E-state index contributed by atoms with van der Waals surface area (Å²) in [5, 5.41) is 2.77. The third-order valence-electron chi connectivity index (χ3n) is 5.20. The highest BCUT2D eigenvalue weighted by Gasteiger charge is 2.17. The maximum atomic E-state index is 12.4. The van der Waals surface area contributed by atoms with Gasteiger partial charge >= 0.3 is 5.97 Å². The van der Waals surface area contributed by atoms with Crippen LogP contribution < -0.4 is 10.1 Å². The van der Waals surface area contributed by atoms with Crippen molar-refractivity contribution in [2.45, 2.75) is 11.0 Å². The molecule has 0 spiro atoms. The standard InChI is InChI=1S/C27H25NO5S2/c29-24(19-7-11-22(12-8-19)28-26(31)20-5-2-1-3-6-20)17-33-25(30)18-32-23-13-9-21(10-14-23)27-34-15-4-16-35-27/h1-3,5-14,27H,4,15-18H2,(H,28,31). The van der Waals surface area contributed by atoms with Gasteiger partial charge in [0, 0.05) is 16.8 Å². The highest BCUT2D eigenvalue weighted by Crippen LogP contribution is 2.43. The number of benzene rings is 3. The number of thioether (sulfide) groups is 2. The minimum atomic E-state index is -0.618. The molecular weight excluding hydrogens is 482 g/mol. The van der Waals surface area contributed by atoms with Gasteiger partial charge in [0.25, 0.3) is 5.91 Å². The van der Waals surface area contributed by atoms with Crippen LogP contribution in [0.2, 0.25) is 0 Å². The fraction of sp³-hybridized carbons (Fsp3) is 0.222. The number of nitrogens with one attached hydrogen (secondary N) is 1. The monoisotopic (exact) mass is 507 g/mol. The van der Waals surface area contributed by atoms with Gasteiger partial charge in [0.1, 0.15) is 5.75 Å². The number of carbonyl (C=O) groups is 3. The van der Waals surface area contributed by atoms with Gasteiger partial charge in [-0.15, -0.1) is 23.5 Å². The molecule has 1 saturated heterocycles. The molecule has 3 aromatic rings. The van der Waals surface area contributed by atoms with Crippen molar-refractivity contribution in [3.63, 3.8) is 0 Å². The van der Waals surface area contributed by atoms with Crippen LogP contribution in [-0.4, -0.2) is 42.4 Å². The van der Waals surface area contributed by atoms with E-state index < -0.39 is 5.97 Å². The fourth-order valence-electron chi connectivity index (χ4n) is 3.35. The first-order chi connectivity index (χ1) is 17.1. The Morgan fingerprint density at radius 2 is 1.49 bits per heavy atom. The van der Waals surface area contributed by atoms with Crippen molar-refractivity contribution < 1.29 is 23.9 Å². The summed E-state index contributed by atoms with van der Waals surface area (Å²) in [5.41, 5.74) is 2.73. The van der Waals surface area contributed by atoms with Crippen LogP contribution in [0.3, 0.4) is 0 Å². The summed E-state index contributed by atoms with van der Waals surface area (Å²) in [4.78, 5) is 36.6. The molecule has 0 aromatic heterocycles. The maximum absolute atomic E-state index is 12.4. The number of ketones is 1. The van der Waals surface area contributed by atoms with Crippen LogP contribution in [0.5, 0.6) is 5.75 Å². The minimum Gasteiger partial charge on any atom is -0.482 e. The Morgan fingerprint density at radius 3 is 2.17 bits per heavy atom. The van der Waals surface area contributed by atoms with Gasteiger partial charge in [0.2, 0.25) is 0 Å². The van der Waals surface area contributed by atoms with Crippen LogP contribution in [0, 0.1) is 0 Å². The Morgan fingerprint density at radius 1 is 0.800 bits per heavy atom. The molecule has 1 N–H and O–H groups in total. The van der Waals surface area contributed by atoms with E-state index in [1.165, 1.54) is 23.5 Å². The SMILES string of the molecule is O=C(COc1ccc(C2SCCCS2)cc1)OCC(=O)c1ccc(NC(=O)c2ccccc2)cc1. The van der Waals surface area contributed by atoms with E-state index in [-0.39, 0.29) is 24.9 Å². The lowest BCUT2D eigenvalue weighted by Crippen LogP contribution is -2.19. The summed E-state index contributed by atoms with van der Waals surface area (Å²) in [7, 11) is 0. The number of Topliss-reactive ketones (excluding diaryl/α,β-unsaturated/α-hetero) is 1. The zero-order valence-electron chi connectivity index (χ0n) is 19.0. The minimum absolute atomic E-state index is 0.236. The second kappa shape index (κ2) is 12.5. The Kier molecular flexibility index (Phi) is 8.86. The van der Waals surface area contributed by atoms with Gasteiger partial charge in [-0.3, -0.25) is 9.59 Å². The number of carbonyl (C=O) groups excluding carboxylic acids is 3. The predicted octanol–water partition coefficient (Wildman–Crippen LogP) is 5.61. The van der Waals surface area contributed by atoms with Gasteiger partial charge in [-0.05, 0) is 72.0 Å². The molecular formula is C27H25NO5S2. The third kappa shape index (κ3) is 7.37. The van der Waals surface area contributed by atoms with Crippen LogP contribution in [0.15, 0.2) is 78.9 Å². The van der Waals surface area contributed by atoms with E-state index in [1.807, 2.05) is 53.9 Å². The number of anilines is 1. The van der Waals surface area contributed by atoms with Crippen LogP contribution >= 0.6 is 23.5 Å². The second-order valence-electron chi connectivity index (χ2n) is 7.77. The van der Waals surface area contributed by atoms with E-state index in [4.69, 9.17) is 9.47 Å². The zero-order chi connectivity index (χ0) is 24.5. The summed E-state index contributed by atoms with van der Waals surface area (Å²) in [6.45, 7) is -0.656. The van der Waals surface area contributed by atoms with Gasteiger partial charge in [0.05, 0.1) is 4.58 Å². The number of hydrogen-bond donors (Lipinski definition) is 1. The number of amides is 1. The van der Waals surface area contributed by atoms with E-state index in [0.717, 1.165) is 0 Å². The lowest BCUT2D eigenvalue weighted by atomic mass is 10.1. The number of rotatable bonds is 9. The molecule has 0 atom stereocenters. The fourth-order valence-corrected chi connectivity index (χ4v) is 6.24. The highest BCUT2D eigenvalue weighted by atomic mass is 32.2. The highest BCUT2D eigenvalue weighted by molar-refractivity contribution is 8.16. The zero-order valence-corrected chi connectivity index (χ0v) is 20.6. The number of ether oxygens (including phenoxy) is 2. The van der Waals surface area contributed by atoms with E-state index in [1.54, 1.807) is 48.5 Å². The average Bonchev–Trinajstić information content (AvgIpc) is 2.92. The molecule has 0 radical (unpaired) electrons. The van der Waals surface area contributed by atoms with E-state index in [0.29, 0.717) is 27.1 Å². The van der Waals surface area contributed by atoms with E-state index in [2.05, 4.69) is 5.32 Å². The van der Waals surface area contributed by atoms with Gasteiger partial charge in [0.15, 0.2) is 19.0 Å². The van der Waals surface area contributed by atoms with Crippen molar-refractivity contribution in [2.24, 2.45) is 0 Å². The van der Waals surface area contributed by atoms with Crippen molar-refractivity contribution in [3.8, 4) is 5.75 Å². The van der Waals surface area contributed by atoms with Crippen LogP contribution in [0.25, 0.3) is 0 Å². The molecule has 0 bridgehead atoms. The number of esters is 1. The molecule has 0 aliphatic carbocycles. The van der Waals surface area contributed by atoms with Gasteiger partial charge in [-0.1, -0.05) is 30.3 Å². The molecule has 1 fully saturated rings. The molecule has 3 aromatic carbocycles.